The van der Waals surface area contributed by atoms with Gasteiger partial charge >= 0.3 is 0 Å². The third-order valence-corrected chi connectivity index (χ3v) is 5.66. The molecule has 0 saturated carbocycles. The van der Waals surface area contributed by atoms with E-state index in [2.05, 4.69) is 25.7 Å². The maximum Gasteiger partial charge on any atom is 0.191 e. The topological polar surface area (TPSA) is 101 Å². The fraction of sp³-hybridized carbons (Fsp3) is 0.250. The van der Waals surface area contributed by atoms with Crippen molar-refractivity contribution in [3.63, 3.8) is 0 Å². The number of aromatic nitrogens is 3. The van der Waals surface area contributed by atoms with E-state index in [-0.39, 0.29) is 0 Å². The molecule has 152 valence electrons. The van der Waals surface area contributed by atoms with Gasteiger partial charge in [-0.2, -0.15) is 5.10 Å². The van der Waals surface area contributed by atoms with E-state index in [1.165, 1.54) is 12.6 Å². The SMILES string of the molecule is CN=C(NCc1ccc(-n2cncn2)cc1)NCc1ccc(S(C)(=O)=O)c(C)c1. The Bertz CT molecular complexity index is 1090. The predicted molar refractivity (Wildman–Crippen MR) is 113 cm³/mol. The Balaban J connectivity index is 1.55. The van der Waals surface area contributed by atoms with Gasteiger partial charge in [-0.25, -0.2) is 18.1 Å². The first-order chi connectivity index (χ1) is 13.9. The summed E-state index contributed by atoms with van der Waals surface area (Å²) in [6.45, 7) is 2.95. The molecule has 0 radical (unpaired) electrons. The smallest absolute Gasteiger partial charge is 0.191 e. The zero-order valence-corrected chi connectivity index (χ0v) is 17.4. The highest BCUT2D eigenvalue weighted by atomic mass is 32.2. The van der Waals surface area contributed by atoms with Crippen molar-refractivity contribution in [2.45, 2.75) is 24.9 Å². The van der Waals surface area contributed by atoms with Crippen LogP contribution < -0.4 is 10.6 Å². The van der Waals surface area contributed by atoms with Crippen LogP contribution in [-0.2, 0) is 22.9 Å². The van der Waals surface area contributed by atoms with Crippen LogP contribution in [0.1, 0.15) is 16.7 Å². The van der Waals surface area contributed by atoms with Gasteiger partial charge in [0.1, 0.15) is 12.7 Å². The maximum absolute atomic E-state index is 11.7. The Hall–Kier alpha value is -3.20. The minimum atomic E-state index is -3.21. The van der Waals surface area contributed by atoms with Crippen molar-refractivity contribution in [1.29, 1.82) is 0 Å². The molecule has 0 unspecified atom stereocenters. The molecule has 3 rings (SSSR count). The molecule has 0 bridgehead atoms. The molecule has 2 aromatic carbocycles. The Kier molecular flexibility index (Phi) is 6.28. The van der Waals surface area contributed by atoms with E-state index >= 15 is 0 Å². The molecule has 2 N–H and O–H groups in total. The Morgan fingerprint density at radius 3 is 2.28 bits per heavy atom. The minimum Gasteiger partial charge on any atom is -0.352 e. The summed E-state index contributed by atoms with van der Waals surface area (Å²) in [6, 6.07) is 13.3. The lowest BCUT2D eigenvalue weighted by Crippen LogP contribution is -2.36. The molecule has 0 spiro atoms. The van der Waals surface area contributed by atoms with E-state index in [0.717, 1.165) is 22.4 Å². The van der Waals surface area contributed by atoms with Gasteiger partial charge in [0.15, 0.2) is 15.8 Å². The molecule has 29 heavy (non-hydrogen) atoms. The number of sulfone groups is 1. The summed E-state index contributed by atoms with van der Waals surface area (Å²) in [6.07, 6.45) is 4.38. The number of hydrogen-bond acceptors (Lipinski definition) is 5. The average molecular weight is 413 g/mol. The van der Waals surface area contributed by atoms with Gasteiger partial charge in [0.25, 0.3) is 0 Å². The van der Waals surface area contributed by atoms with Gasteiger partial charge < -0.3 is 10.6 Å². The fourth-order valence-corrected chi connectivity index (χ4v) is 3.90. The number of aliphatic imine (C=N–C) groups is 1. The van der Waals surface area contributed by atoms with Gasteiger partial charge in [-0.1, -0.05) is 24.3 Å². The van der Waals surface area contributed by atoms with Crippen LogP contribution in [0, 0.1) is 6.92 Å². The van der Waals surface area contributed by atoms with E-state index in [9.17, 15) is 8.42 Å². The van der Waals surface area contributed by atoms with Gasteiger partial charge in [0, 0.05) is 26.4 Å². The van der Waals surface area contributed by atoms with Crippen molar-refractivity contribution >= 4 is 15.8 Å². The lowest BCUT2D eigenvalue weighted by Gasteiger charge is -2.13. The first-order valence-electron chi connectivity index (χ1n) is 9.05. The van der Waals surface area contributed by atoms with Crippen molar-refractivity contribution in [2.75, 3.05) is 13.3 Å². The largest absolute Gasteiger partial charge is 0.352 e. The van der Waals surface area contributed by atoms with E-state index in [4.69, 9.17) is 0 Å². The molecule has 0 saturated heterocycles. The van der Waals surface area contributed by atoms with Crippen LogP contribution in [0.3, 0.4) is 0 Å². The van der Waals surface area contributed by atoms with Crippen LogP contribution in [0.4, 0.5) is 0 Å². The summed E-state index contributed by atoms with van der Waals surface area (Å²) in [7, 11) is -1.50. The number of benzene rings is 2. The van der Waals surface area contributed by atoms with E-state index in [0.29, 0.717) is 23.9 Å². The highest BCUT2D eigenvalue weighted by Gasteiger charge is 2.11. The number of rotatable bonds is 6. The molecule has 0 aliphatic carbocycles. The Morgan fingerprint density at radius 2 is 1.72 bits per heavy atom. The second-order valence-electron chi connectivity index (χ2n) is 6.66. The van der Waals surface area contributed by atoms with E-state index < -0.39 is 9.84 Å². The summed E-state index contributed by atoms with van der Waals surface area (Å²) in [5.74, 6) is 0.662. The average Bonchev–Trinajstić information content (AvgIpc) is 3.22. The molecule has 0 fully saturated rings. The molecule has 0 atom stereocenters. The van der Waals surface area contributed by atoms with Crippen LogP contribution in [0.25, 0.3) is 5.69 Å². The number of nitrogens with zero attached hydrogens (tertiary/aromatic N) is 4. The second-order valence-corrected chi connectivity index (χ2v) is 8.64. The summed E-state index contributed by atoms with van der Waals surface area (Å²) in [4.78, 5) is 8.54. The van der Waals surface area contributed by atoms with Crippen molar-refractivity contribution in [1.82, 2.24) is 25.4 Å². The molecule has 8 nitrogen and oxygen atoms in total. The Labute approximate surface area is 170 Å². The summed E-state index contributed by atoms with van der Waals surface area (Å²) in [5, 5.41) is 10.6. The molecule has 0 aliphatic rings. The van der Waals surface area contributed by atoms with Crippen molar-refractivity contribution in [3.8, 4) is 5.69 Å². The first kappa shape index (κ1) is 20.5. The van der Waals surface area contributed by atoms with Gasteiger partial charge in [-0.15, -0.1) is 0 Å². The third-order valence-electron chi connectivity index (χ3n) is 4.40. The van der Waals surface area contributed by atoms with Gasteiger partial charge in [-0.05, 0) is 41.8 Å². The molecule has 3 aromatic rings. The number of hydrogen-bond donors (Lipinski definition) is 2. The molecule has 1 heterocycles. The predicted octanol–water partition coefficient (Wildman–Crippen LogP) is 1.84. The first-order valence-corrected chi connectivity index (χ1v) is 10.9. The van der Waals surface area contributed by atoms with Crippen LogP contribution in [0.5, 0.6) is 0 Å². The molecule has 0 aliphatic heterocycles. The van der Waals surface area contributed by atoms with Crippen molar-refractivity contribution in [3.05, 3.63) is 71.8 Å². The van der Waals surface area contributed by atoms with Crippen LogP contribution in [-0.4, -0.2) is 42.4 Å². The third kappa shape index (κ3) is 5.41. The zero-order chi connectivity index (χ0) is 20.9. The molecule has 0 amide bonds. The number of nitrogens with one attached hydrogen (secondary N) is 2. The van der Waals surface area contributed by atoms with Crippen molar-refractivity contribution < 1.29 is 8.42 Å². The Morgan fingerprint density at radius 1 is 1.07 bits per heavy atom. The molecular formula is C20H24N6O2S. The van der Waals surface area contributed by atoms with E-state index in [1.54, 1.807) is 31.0 Å². The lowest BCUT2D eigenvalue weighted by molar-refractivity contribution is 0.601. The number of guanidine groups is 1. The molecule has 9 heteroatoms. The standard InChI is InChI=1S/C20H24N6O2S/c1-15-10-17(6-9-19(15)29(3,27)28)12-24-20(21-2)23-11-16-4-7-18(8-5-16)26-14-22-13-25-26/h4-10,13-14H,11-12H2,1-3H3,(H2,21,23,24). The highest BCUT2D eigenvalue weighted by Crippen LogP contribution is 2.16. The molecular weight excluding hydrogens is 388 g/mol. The van der Waals surface area contributed by atoms with Gasteiger partial charge in [-0.3, -0.25) is 4.99 Å². The fourth-order valence-electron chi connectivity index (χ4n) is 2.94. The summed E-state index contributed by atoms with van der Waals surface area (Å²) in [5.41, 5.74) is 3.77. The highest BCUT2D eigenvalue weighted by molar-refractivity contribution is 7.90. The van der Waals surface area contributed by atoms with Crippen LogP contribution in [0.15, 0.2) is 65.0 Å². The van der Waals surface area contributed by atoms with Crippen LogP contribution >= 0.6 is 0 Å². The summed E-state index contributed by atoms with van der Waals surface area (Å²) < 4.78 is 25.2. The molecule has 1 aromatic heterocycles. The second kappa shape index (κ2) is 8.87. The summed E-state index contributed by atoms with van der Waals surface area (Å²) >= 11 is 0. The minimum absolute atomic E-state index is 0.359. The number of aryl methyl sites for hydroxylation is 1. The normalized spacial score (nSPS) is 12.0. The zero-order valence-electron chi connectivity index (χ0n) is 16.6. The van der Waals surface area contributed by atoms with Crippen LogP contribution in [0.2, 0.25) is 0 Å². The maximum atomic E-state index is 11.7. The van der Waals surface area contributed by atoms with Crippen molar-refractivity contribution in [2.24, 2.45) is 4.99 Å². The quantitative estimate of drug-likeness (QED) is 0.473. The van der Waals surface area contributed by atoms with E-state index in [1.807, 2.05) is 36.4 Å². The monoisotopic (exact) mass is 412 g/mol. The van der Waals surface area contributed by atoms with Gasteiger partial charge in [0.05, 0.1) is 10.6 Å². The van der Waals surface area contributed by atoms with Gasteiger partial charge in [0.2, 0.25) is 0 Å². The lowest BCUT2D eigenvalue weighted by atomic mass is 10.1.